The van der Waals surface area contributed by atoms with Gasteiger partial charge in [0.05, 0.1) is 12.2 Å². The van der Waals surface area contributed by atoms with Gasteiger partial charge in [-0.1, -0.05) is 40.7 Å². The Morgan fingerprint density at radius 1 is 1.22 bits per heavy atom. The molecule has 0 heterocycles. The fourth-order valence-corrected chi connectivity index (χ4v) is 5.43. The molecule has 0 aromatic heterocycles. The maximum Gasteiger partial charge on any atom is 0.0753 e. The third kappa shape index (κ3) is 3.38. The summed E-state index contributed by atoms with van der Waals surface area (Å²) in [6, 6.07) is 0. The molecule has 0 unspecified atom stereocenters. The summed E-state index contributed by atoms with van der Waals surface area (Å²) >= 11 is 0. The van der Waals surface area contributed by atoms with Crippen LogP contribution in [0.1, 0.15) is 66.2 Å². The highest BCUT2D eigenvalue weighted by molar-refractivity contribution is 5.20. The molecule has 2 fully saturated rings. The minimum absolute atomic E-state index is 0.109. The third-order valence-corrected chi connectivity index (χ3v) is 7.21. The van der Waals surface area contributed by atoms with Gasteiger partial charge in [-0.05, 0) is 66.3 Å². The predicted octanol–water partition coefficient (Wildman–Crippen LogP) is 3.53. The standard InChI is InChI=1S/C20H36O3/c1-13(9-11-21)6-7-15-14(2)16(22)12-17-19(3,4)18(23)8-10-20(15,17)5/h13,15-18,21-23H,2,6-12H2,1,3-5H3/t13-,15-,16+,17-,18-,20+/m0/s1. The number of hydrogen-bond acceptors (Lipinski definition) is 3. The molecule has 2 aliphatic carbocycles. The molecule has 2 aliphatic rings. The summed E-state index contributed by atoms with van der Waals surface area (Å²) in [4.78, 5) is 0. The van der Waals surface area contributed by atoms with Crippen LogP contribution in [0.2, 0.25) is 0 Å². The molecule has 0 aliphatic heterocycles. The van der Waals surface area contributed by atoms with E-state index < -0.39 is 6.10 Å². The van der Waals surface area contributed by atoms with Crippen LogP contribution in [0, 0.1) is 28.6 Å². The fourth-order valence-electron chi connectivity index (χ4n) is 5.43. The summed E-state index contributed by atoms with van der Waals surface area (Å²) < 4.78 is 0. The molecule has 6 atom stereocenters. The average molecular weight is 325 g/mol. The smallest absolute Gasteiger partial charge is 0.0753 e. The second kappa shape index (κ2) is 6.85. The van der Waals surface area contributed by atoms with Crippen molar-refractivity contribution in [2.75, 3.05) is 6.61 Å². The molecular weight excluding hydrogens is 288 g/mol. The van der Waals surface area contributed by atoms with Gasteiger partial charge in [-0.3, -0.25) is 0 Å². The molecule has 0 spiro atoms. The van der Waals surface area contributed by atoms with Crippen molar-refractivity contribution in [2.24, 2.45) is 28.6 Å². The number of hydrogen-bond donors (Lipinski definition) is 3. The monoisotopic (exact) mass is 324 g/mol. The van der Waals surface area contributed by atoms with Crippen LogP contribution in [0.25, 0.3) is 0 Å². The molecule has 23 heavy (non-hydrogen) atoms. The fraction of sp³-hybridized carbons (Fsp3) is 0.900. The van der Waals surface area contributed by atoms with E-state index in [-0.39, 0.29) is 23.5 Å². The molecule has 2 saturated carbocycles. The van der Waals surface area contributed by atoms with Crippen molar-refractivity contribution in [1.29, 1.82) is 0 Å². The van der Waals surface area contributed by atoms with Crippen molar-refractivity contribution < 1.29 is 15.3 Å². The zero-order chi connectivity index (χ0) is 17.4. The van der Waals surface area contributed by atoms with Gasteiger partial charge >= 0.3 is 0 Å². The zero-order valence-corrected chi connectivity index (χ0v) is 15.4. The Labute approximate surface area is 141 Å². The Kier molecular flexibility index (Phi) is 5.65. The second-order valence-corrected chi connectivity index (χ2v) is 9.01. The lowest BCUT2D eigenvalue weighted by molar-refractivity contribution is -0.141. The highest BCUT2D eigenvalue weighted by Crippen LogP contribution is 2.61. The molecule has 2 rings (SSSR count). The van der Waals surface area contributed by atoms with Crippen LogP contribution in [-0.2, 0) is 0 Å². The summed E-state index contributed by atoms with van der Waals surface area (Å²) in [5.74, 6) is 1.12. The quantitative estimate of drug-likeness (QED) is 0.678. The van der Waals surface area contributed by atoms with E-state index in [1.807, 2.05) is 0 Å². The summed E-state index contributed by atoms with van der Waals surface area (Å²) in [6.45, 7) is 13.3. The van der Waals surface area contributed by atoms with E-state index in [4.69, 9.17) is 5.11 Å². The Morgan fingerprint density at radius 3 is 2.48 bits per heavy atom. The lowest BCUT2D eigenvalue weighted by Crippen LogP contribution is -2.57. The molecule has 0 amide bonds. The Morgan fingerprint density at radius 2 is 1.87 bits per heavy atom. The molecule has 134 valence electrons. The van der Waals surface area contributed by atoms with E-state index in [0.29, 0.717) is 17.8 Å². The molecule has 0 aromatic carbocycles. The first-order valence-electron chi connectivity index (χ1n) is 9.30. The van der Waals surface area contributed by atoms with E-state index in [1.165, 1.54) is 0 Å². The minimum Gasteiger partial charge on any atom is -0.396 e. The van der Waals surface area contributed by atoms with Gasteiger partial charge in [0.2, 0.25) is 0 Å². The third-order valence-electron chi connectivity index (χ3n) is 7.21. The van der Waals surface area contributed by atoms with E-state index in [2.05, 4.69) is 34.3 Å². The van der Waals surface area contributed by atoms with Crippen molar-refractivity contribution in [3.63, 3.8) is 0 Å². The van der Waals surface area contributed by atoms with Gasteiger partial charge in [0.15, 0.2) is 0 Å². The van der Waals surface area contributed by atoms with E-state index >= 15 is 0 Å². The molecule has 0 saturated heterocycles. The first-order valence-corrected chi connectivity index (χ1v) is 9.30. The van der Waals surface area contributed by atoms with Crippen molar-refractivity contribution in [3.8, 4) is 0 Å². The summed E-state index contributed by atoms with van der Waals surface area (Å²) in [6.07, 6.45) is 4.76. The van der Waals surface area contributed by atoms with Crippen molar-refractivity contribution in [2.45, 2.75) is 78.4 Å². The van der Waals surface area contributed by atoms with Gasteiger partial charge in [0.25, 0.3) is 0 Å². The molecule has 0 radical (unpaired) electrons. The molecule has 3 nitrogen and oxygen atoms in total. The highest BCUT2D eigenvalue weighted by Gasteiger charge is 2.57. The lowest BCUT2D eigenvalue weighted by Gasteiger charge is -2.60. The van der Waals surface area contributed by atoms with Crippen molar-refractivity contribution in [3.05, 3.63) is 12.2 Å². The van der Waals surface area contributed by atoms with E-state index in [9.17, 15) is 10.2 Å². The summed E-state index contributed by atoms with van der Waals surface area (Å²) in [5, 5.41) is 30.2. The maximum atomic E-state index is 10.6. The molecule has 3 N–H and O–H groups in total. The Hall–Kier alpha value is -0.380. The van der Waals surface area contributed by atoms with Crippen LogP contribution in [-0.4, -0.2) is 34.1 Å². The number of aliphatic hydroxyl groups is 3. The predicted molar refractivity (Wildman–Crippen MR) is 94.0 cm³/mol. The minimum atomic E-state index is -0.448. The van der Waals surface area contributed by atoms with Gasteiger partial charge in [-0.25, -0.2) is 0 Å². The number of rotatable bonds is 5. The Bertz CT molecular complexity index is 431. The van der Waals surface area contributed by atoms with Crippen LogP contribution < -0.4 is 0 Å². The first kappa shape index (κ1) is 19.0. The van der Waals surface area contributed by atoms with Gasteiger partial charge in [-0.2, -0.15) is 0 Å². The van der Waals surface area contributed by atoms with Crippen LogP contribution >= 0.6 is 0 Å². The molecule has 0 bridgehead atoms. The SMILES string of the molecule is C=C1[C@H](O)C[C@H]2C(C)(C)[C@@H](O)CC[C@]2(C)[C@H]1CC[C@H](C)CCO. The van der Waals surface area contributed by atoms with Gasteiger partial charge in [0, 0.05) is 6.61 Å². The normalized spacial score (nSPS) is 41.4. The Balaban J connectivity index is 2.23. The number of fused-ring (bicyclic) bond motifs is 1. The number of aliphatic hydroxyl groups excluding tert-OH is 3. The zero-order valence-electron chi connectivity index (χ0n) is 15.4. The summed E-state index contributed by atoms with van der Waals surface area (Å²) in [5.41, 5.74) is 0.939. The van der Waals surface area contributed by atoms with Crippen molar-refractivity contribution >= 4 is 0 Å². The van der Waals surface area contributed by atoms with Crippen molar-refractivity contribution in [1.82, 2.24) is 0 Å². The highest BCUT2D eigenvalue weighted by atomic mass is 16.3. The topological polar surface area (TPSA) is 60.7 Å². The molecular formula is C20H36O3. The average Bonchev–Trinajstić information content (AvgIpc) is 2.47. The van der Waals surface area contributed by atoms with E-state index in [0.717, 1.165) is 44.1 Å². The van der Waals surface area contributed by atoms with Gasteiger partial charge in [-0.15, -0.1) is 0 Å². The second-order valence-electron chi connectivity index (χ2n) is 9.01. The van der Waals surface area contributed by atoms with E-state index in [1.54, 1.807) is 0 Å². The van der Waals surface area contributed by atoms with Gasteiger partial charge < -0.3 is 15.3 Å². The van der Waals surface area contributed by atoms with Crippen LogP contribution in [0.3, 0.4) is 0 Å². The van der Waals surface area contributed by atoms with Gasteiger partial charge in [0.1, 0.15) is 0 Å². The molecule has 0 aromatic rings. The first-order chi connectivity index (χ1) is 10.6. The van der Waals surface area contributed by atoms with Crippen LogP contribution in [0.15, 0.2) is 12.2 Å². The largest absolute Gasteiger partial charge is 0.396 e. The molecule has 3 heteroatoms. The summed E-state index contributed by atoms with van der Waals surface area (Å²) in [7, 11) is 0. The maximum absolute atomic E-state index is 10.6. The lowest BCUT2D eigenvalue weighted by atomic mass is 9.46. The van der Waals surface area contributed by atoms with Crippen LogP contribution in [0.4, 0.5) is 0 Å². The van der Waals surface area contributed by atoms with Crippen LogP contribution in [0.5, 0.6) is 0 Å².